The van der Waals surface area contributed by atoms with Gasteiger partial charge in [0, 0.05) is 31.5 Å². The van der Waals surface area contributed by atoms with Gasteiger partial charge >= 0.3 is 0 Å². The Morgan fingerprint density at radius 3 is 2.83 bits per heavy atom. The fraction of sp³-hybridized carbons (Fsp3) is 0.769. The van der Waals surface area contributed by atoms with Crippen LogP contribution in [0.2, 0.25) is 0 Å². The number of ether oxygens (including phenoxy) is 1. The summed E-state index contributed by atoms with van der Waals surface area (Å²) in [5.74, 6) is 0.712. The maximum Gasteiger partial charge on any atom is 0.185 e. The molecule has 18 heavy (non-hydrogen) atoms. The summed E-state index contributed by atoms with van der Waals surface area (Å²) < 4.78 is 5.21. The Hall–Kier alpha value is -0.650. The molecule has 1 fully saturated rings. The van der Waals surface area contributed by atoms with E-state index in [1.165, 1.54) is 23.4 Å². The topological polar surface area (TPSA) is 37.4 Å². The number of rotatable bonds is 7. The lowest BCUT2D eigenvalue weighted by Crippen LogP contribution is -2.32. The fourth-order valence-electron chi connectivity index (χ4n) is 2.01. The van der Waals surface area contributed by atoms with Gasteiger partial charge in [-0.3, -0.25) is 0 Å². The highest BCUT2D eigenvalue weighted by molar-refractivity contribution is 7.15. The summed E-state index contributed by atoms with van der Waals surface area (Å²) in [4.78, 5) is 8.46. The zero-order valence-corrected chi connectivity index (χ0v) is 12.5. The number of methoxy groups -OCH3 is 1. The van der Waals surface area contributed by atoms with Gasteiger partial charge in [-0.1, -0.05) is 0 Å². The summed E-state index contributed by atoms with van der Waals surface area (Å²) in [6.07, 6.45) is 2.61. The number of nitrogens with zero attached hydrogens (tertiary/aromatic N) is 2. The predicted octanol–water partition coefficient (Wildman–Crippen LogP) is 2.21. The molecule has 102 valence electrons. The van der Waals surface area contributed by atoms with Crippen LogP contribution in [0.5, 0.6) is 0 Å². The molecule has 1 saturated carbocycles. The summed E-state index contributed by atoms with van der Waals surface area (Å²) in [5.41, 5.74) is 1.32. The quantitative estimate of drug-likeness (QED) is 0.823. The van der Waals surface area contributed by atoms with Crippen LogP contribution in [-0.4, -0.2) is 38.8 Å². The van der Waals surface area contributed by atoms with Gasteiger partial charge in [-0.25, -0.2) is 4.98 Å². The van der Waals surface area contributed by atoms with E-state index in [2.05, 4.69) is 24.2 Å². The van der Waals surface area contributed by atoms with Gasteiger partial charge in [0.2, 0.25) is 0 Å². The van der Waals surface area contributed by atoms with E-state index in [9.17, 15) is 0 Å². The second-order valence-electron chi connectivity index (χ2n) is 5.02. The maximum atomic E-state index is 5.21. The van der Waals surface area contributed by atoms with E-state index in [0.29, 0.717) is 12.0 Å². The van der Waals surface area contributed by atoms with Gasteiger partial charge in [0.15, 0.2) is 5.13 Å². The maximum absolute atomic E-state index is 5.21. The van der Waals surface area contributed by atoms with Crippen molar-refractivity contribution in [2.45, 2.75) is 38.3 Å². The van der Waals surface area contributed by atoms with Gasteiger partial charge in [-0.05, 0) is 26.8 Å². The van der Waals surface area contributed by atoms with Crippen LogP contribution in [-0.2, 0) is 11.3 Å². The minimum absolute atomic E-state index is 0.357. The second kappa shape index (κ2) is 5.99. The lowest BCUT2D eigenvalue weighted by molar-refractivity contribution is 0.183. The number of aromatic nitrogens is 1. The molecule has 1 unspecified atom stereocenters. The van der Waals surface area contributed by atoms with Gasteiger partial charge < -0.3 is 15.0 Å². The highest BCUT2D eigenvalue weighted by Crippen LogP contribution is 2.44. The molecule has 0 bridgehead atoms. The molecular weight excluding hydrogens is 246 g/mol. The normalized spacial score (nSPS) is 16.9. The van der Waals surface area contributed by atoms with Gasteiger partial charge in [0.1, 0.15) is 0 Å². The smallest absolute Gasteiger partial charge is 0.185 e. The van der Waals surface area contributed by atoms with Crippen molar-refractivity contribution in [1.82, 2.24) is 10.3 Å². The second-order valence-corrected chi connectivity index (χ2v) is 6.09. The number of nitrogens with one attached hydrogen (secondary N) is 1. The molecule has 1 aromatic rings. The molecule has 2 rings (SSSR count). The van der Waals surface area contributed by atoms with Crippen LogP contribution in [0.25, 0.3) is 0 Å². The Labute approximate surface area is 113 Å². The summed E-state index contributed by atoms with van der Waals surface area (Å²) in [6.45, 7) is 3.83. The lowest BCUT2D eigenvalue weighted by atomic mass is 10.2. The van der Waals surface area contributed by atoms with E-state index in [4.69, 9.17) is 9.72 Å². The minimum Gasteiger partial charge on any atom is -0.383 e. The van der Waals surface area contributed by atoms with Gasteiger partial charge in [0.05, 0.1) is 18.3 Å². The zero-order valence-electron chi connectivity index (χ0n) is 11.7. The van der Waals surface area contributed by atoms with Crippen molar-refractivity contribution in [3.05, 3.63) is 10.6 Å². The third-order valence-electron chi connectivity index (χ3n) is 3.39. The van der Waals surface area contributed by atoms with E-state index < -0.39 is 0 Å². The molecule has 1 aliphatic rings. The first-order valence-corrected chi connectivity index (χ1v) is 7.35. The molecule has 5 heteroatoms. The van der Waals surface area contributed by atoms with Gasteiger partial charge in [0.25, 0.3) is 0 Å². The first kappa shape index (κ1) is 13.8. The largest absolute Gasteiger partial charge is 0.383 e. The molecule has 1 aromatic heterocycles. The first-order valence-electron chi connectivity index (χ1n) is 6.53. The monoisotopic (exact) mass is 269 g/mol. The number of hydrogen-bond acceptors (Lipinski definition) is 5. The Morgan fingerprint density at radius 1 is 1.56 bits per heavy atom. The molecule has 1 aliphatic carbocycles. The molecule has 0 amide bonds. The van der Waals surface area contributed by atoms with Crippen molar-refractivity contribution in [1.29, 1.82) is 0 Å². The Balaban J connectivity index is 2.14. The molecule has 1 N–H and O–H groups in total. The Morgan fingerprint density at radius 2 is 2.28 bits per heavy atom. The van der Waals surface area contributed by atoms with Crippen molar-refractivity contribution in [2.24, 2.45) is 0 Å². The van der Waals surface area contributed by atoms with Crippen molar-refractivity contribution >= 4 is 16.5 Å². The third-order valence-corrected chi connectivity index (χ3v) is 4.55. The van der Waals surface area contributed by atoms with E-state index >= 15 is 0 Å². The van der Waals surface area contributed by atoms with Crippen molar-refractivity contribution in [2.75, 3.05) is 32.7 Å². The first-order chi connectivity index (χ1) is 8.67. The van der Waals surface area contributed by atoms with Crippen LogP contribution in [0.4, 0.5) is 5.13 Å². The Bertz CT molecular complexity index is 390. The van der Waals surface area contributed by atoms with Crippen molar-refractivity contribution < 1.29 is 4.74 Å². The lowest BCUT2D eigenvalue weighted by Gasteiger charge is -2.23. The molecule has 0 spiro atoms. The summed E-state index contributed by atoms with van der Waals surface area (Å²) in [7, 11) is 5.84. The van der Waals surface area contributed by atoms with E-state index in [-0.39, 0.29) is 0 Å². The number of hydrogen-bond donors (Lipinski definition) is 1. The van der Waals surface area contributed by atoms with Crippen LogP contribution in [0, 0.1) is 0 Å². The van der Waals surface area contributed by atoms with Gasteiger partial charge in [-0.15, -0.1) is 11.3 Å². The average molecular weight is 269 g/mol. The molecular formula is C13H23N3OS. The molecule has 1 atom stereocenters. The van der Waals surface area contributed by atoms with Crippen LogP contribution in [0.1, 0.15) is 36.3 Å². The van der Waals surface area contributed by atoms with Gasteiger partial charge in [-0.2, -0.15) is 0 Å². The summed E-state index contributed by atoms with van der Waals surface area (Å²) in [5, 5.41) is 4.36. The molecule has 0 aliphatic heterocycles. The minimum atomic E-state index is 0.357. The van der Waals surface area contributed by atoms with Crippen LogP contribution >= 0.6 is 11.3 Å². The average Bonchev–Trinajstić information content (AvgIpc) is 3.11. The zero-order chi connectivity index (χ0) is 13.1. The highest BCUT2D eigenvalue weighted by atomic mass is 32.1. The third kappa shape index (κ3) is 3.02. The number of likely N-dealkylation sites (N-methyl/N-ethyl adjacent to an activating group) is 1. The summed E-state index contributed by atoms with van der Waals surface area (Å²) in [6, 6.07) is 0.357. The number of anilines is 1. The van der Waals surface area contributed by atoms with E-state index in [1.807, 2.05) is 18.4 Å². The molecule has 1 heterocycles. The molecule has 0 saturated heterocycles. The van der Waals surface area contributed by atoms with Crippen LogP contribution in [0.15, 0.2) is 0 Å². The highest BCUT2D eigenvalue weighted by Gasteiger charge is 2.30. The molecule has 0 radical (unpaired) electrons. The van der Waals surface area contributed by atoms with Crippen molar-refractivity contribution in [3.8, 4) is 0 Å². The summed E-state index contributed by atoms with van der Waals surface area (Å²) >= 11 is 1.81. The van der Waals surface area contributed by atoms with Crippen LogP contribution < -0.4 is 10.2 Å². The predicted molar refractivity (Wildman–Crippen MR) is 76.6 cm³/mol. The number of thiazole rings is 1. The van der Waals surface area contributed by atoms with E-state index in [0.717, 1.165) is 18.3 Å². The van der Waals surface area contributed by atoms with E-state index in [1.54, 1.807) is 7.11 Å². The molecule has 4 nitrogen and oxygen atoms in total. The molecule has 0 aromatic carbocycles. The SMILES string of the molecule is CNCc1sc(N(C)C(C)COC)nc1C1CC1. The van der Waals surface area contributed by atoms with Crippen molar-refractivity contribution in [3.63, 3.8) is 0 Å². The fourth-order valence-corrected chi connectivity index (χ4v) is 3.23. The standard InChI is InChI=1S/C13H23N3OS/c1-9(8-17-4)16(3)13-15-12(10-5-6-10)11(18-13)7-14-2/h9-10,14H,5-8H2,1-4H3. The van der Waals surface area contributed by atoms with Crippen LogP contribution in [0.3, 0.4) is 0 Å². The Kier molecular flexibility index (Phi) is 4.59.